The van der Waals surface area contributed by atoms with E-state index in [1.54, 1.807) is 6.20 Å². The second kappa shape index (κ2) is 3.42. The van der Waals surface area contributed by atoms with Gasteiger partial charge in [-0.05, 0) is 19.6 Å². The number of rotatable bonds is 2. The number of hydrogen-bond acceptors (Lipinski definition) is 1. The highest BCUT2D eigenvalue weighted by atomic mass is 14.6. The molecule has 1 heteroatoms. The average molecular weight is 111 g/mol. The molecule has 0 amide bonds. The summed E-state index contributed by atoms with van der Waals surface area (Å²) in [5.74, 6) is 0.598. The third-order valence-corrected chi connectivity index (χ3v) is 1.21. The van der Waals surface area contributed by atoms with Crippen LogP contribution in [0.25, 0.3) is 0 Å². The van der Waals surface area contributed by atoms with Gasteiger partial charge in [-0.2, -0.15) is 0 Å². The first-order chi connectivity index (χ1) is 3.68. The molecule has 1 nitrogen and oxygen atoms in total. The first-order valence-electron chi connectivity index (χ1n) is 2.81. The molecule has 0 aromatic rings. The second-order valence-electron chi connectivity index (χ2n) is 2.21. The molecule has 46 valence electrons. The Morgan fingerprint density at radius 2 is 2.12 bits per heavy atom. The van der Waals surface area contributed by atoms with Crippen LogP contribution >= 0.6 is 0 Å². The zero-order valence-corrected chi connectivity index (χ0v) is 5.81. The zero-order valence-electron chi connectivity index (χ0n) is 5.81. The van der Waals surface area contributed by atoms with Crippen LogP contribution in [0.15, 0.2) is 16.8 Å². The lowest BCUT2D eigenvalue weighted by Gasteiger charge is -2.00. The van der Waals surface area contributed by atoms with E-state index < -0.39 is 0 Å². The van der Waals surface area contributed by atoms with Crippen molar-refractivity contribution in [2.24, 2.45) is 10.9 Å². The Morgan fingerprint density at radius 1 is 1.62 bits per heavy atom. The molecule has 0 heterocycles. The van der Waals surface area contributed by atoms with Gasteiger partial charge in [0, 0.05) is 6.20 Å². The van der Waals surface area contributed by atoms with Crippen LogP contribution in [-0.4, -0.2) is 6.72 Å². The van der Waals surface area contributed by atoms with E-state index in [0.29, 0.717) is 5.92 Å². The summed E-state index contributed by atoms with van der Waals surface area (Å²) in [5, 5.41) is 0. The summed E-state index contributed by atoms with van der Waals surface area (Å²) in [5.41, 5.74) is 1.28. The van der Waals surface area contributed by atoms with Gasteiger partial charge in [0.2, 0.25) is 0 Å². The topological polar surface area (TPSA) is 12.4 Å². The first-order valence-corrected chi connectivity index (χ1v) is 2.81. The molecule has 0 aliphatic carbocycles. The van der Waals surface area contributed by atoms with Gasteiger partial charge in [0.05, 0.1) is 0 Å². The van der Waals surface area contributed by atoms with E-state index in [-0.39, 0.29) is 0 Å². The Kier molecular flexibility index (Phi) is 3.16. The first kappa shape index (κ1) is 7.41. The van der Waals surface area contributed by atoms with Crippen molar-refractivity contribution in [3.63, 3.8) is 0 Å². The van der Waals surface area contributed by atoms with Gasteiger partial charge in [-0.1, -0.05) is 19.4 Å². The highest BCUT2D eigenvalue weighted by Crippen LogP contribution is 2.06. The minimum absolute atomic E-state index is 0.598. The van der Waals surface area contributed by atoms with Crippen LogP contribution in [-0.2, 0) is 0 Å². The fraction of sp³-hybridized carbons (Fsp3) is 0.571. The lowest BCUT2D eigenvalue weighted by molar-refractivity contribution is 0.766. The van der Waals surface area contributed by atoms with Gasteiger partial charge in [-0.3, -0.25) is 4.99 Å². The minimum atomic E-state index is 0.598. The van der Waals surface area contributed by atoms with Gasteiger partial charge >= 0.3 is 0 Å². The monoisotopic (exact) mass is 111 g/mol. The molecule has 0 radical (unpaired) electrons. The van der Waals surface area contributed by atoms with Crippen molar-refractivity contribution in [2.45, 2.75) is 20.8 Å². The molecular weight excluding hydrogens is 98.1 g/mol. The lowest BCUT2D eigenvalue weighted by Crippen LogP contribution is -1.86. The van der Waals surface area contributed by atoms with E-state index in [9.17, 15) is 0 Å². The fourth-order valence-electron chi connectivity index (χ4n) is 0.293. The Labute approximate surface area is 51.1 Å². The van der Waals surface area contributed by atoms with E-state index in [1.165, 1.54) is 5.57 Å². The van der Waals surface area contributed by atoms with Gasteiger partial charge in [-0.15, -0.1) is 0 Å². The maximum atomic E-state index is 3.64. The smallest absolute Gasteiger partial charge is 0.0252 e. The van der Waals surface area contributed by atoms with Gasteiger partial charge in [0.25, 0.3) is 0 Å². The normalized spacial score (nSPS) is 12.2. The summed E-state index contributed by atoms with van der Waals surface area (Å²) in [4.78, 5) is 3.64. The number of allylic oxidation sites excluding steroid dienone is 1. The summed E-state index contributed by atoms with van der Waals surface area (Å²) in [6, 6.07) is 0. The Bertz CT molecular complexity index is 101. The number of hydrogen-bond donors (Lipinski definition) is 0. The highest BCUT2D eigenvalue weighted by molar-refractivity contribution is 5.26. The highest BCUT2D eigenvalue weighted by Gasteiger charge is 1.91. The summed E-state index contributed by atoms with van der Waals surface area (Å²) >= 11 is 0. The number of nitrogens with zero attached hydrogens (tertiary/aromatic N) is 1. The molecule has 0 aliphatic heterocycles. The van der Waals surface area contributed by atoms with E-state index in [2.05, 4.69) is 32.5 Å². The molecular formula is C7H13N. The molecule has 0 N–H and O–H groups in total. The lowest BCUT2D eigenvalue weighted by atomic mass is 10.1. The van der Waals surface area contributed by atoms with Gasteiger partial charge < -0.3 is 0 Å². The maximum Gasteiger partial charge on any atom is 0.0252 e. The van der Waals surface area contributed by atoms with E-state index in [4.69, 9.17) is 0 Å². The van der Waals surface area contributed by atoms with Crippen molar-refractivity contribution in [3.8, 4) is 0 Å². The summed E-state index contributed by atoms with van der Waals surface area (Å²) in [6.45, 7) is 9.68. The van der Waals surface area contributed by atoms with Crippen LogP contribution < -0.4 is 0 Å². The molecule has 0 fully saturated rings. The molecule has 0 aromatic carbocycles. The molecule has 0 atom stereocenters. The molecule has 0 bridgehead atoms. The average Bonchev–Trinajstić information content (AvgIpc) is 1.67. The van der Waals surface area contributed by atoms with Crippen molar-refractivity contribution in [2.75, 3.05) is 0 Å². The minimum Gasteiger partial charge on any atom is -0.273 e. The van der Waals surface area contributed by atoms with Crippen molar-refractivity contribution in [1.29, 1.82) is 0 Å². The molecule has 0 saturated carbocycles. The SMILES string of the molecule is C=N/C=C(/C)C(C)C. The maximum absolute atomic E-state index is 3.64. The molecule has 0 aliphatic rings. The van der Waals surface area contributed by atoms with Crippen LogP contribution in [0.1, 0.15) is 20.8 Å². The van der Waals surface area contributed by atoms with Gasteiger partial charge in [0.15, 0.2) is 0 Å². The van der Waals surface area contributed by atoms with Crippen molar-refractivity contribution < 1.29 is 0 Å². The second-order valence-corrected chi connectivity index (χ2v) is 2.21. The third-order valence-electron chi connectivity index (χ3n) is 1.21. The molecule has 0 aromatic heterocycles. The Morgan fingerprint density at radius 3 is 2.25 bits per heavy atom. The van der Waals surface area contributed by atoms with Crippen LogP contribution in [0.3, 0.4) is 0 Å². The van der Waals surface area contributed by atoms with Gasteiger partial charge in [0.1, 0.15) is 0 Å². The Balaban J connectivity index is 3.78. The summed E-state index contributed by atoms with van der Waals surface area (Å²) in [7, 11) is 0. The van der Waals surface area contributed by atoms with Gasteiger partial charge in [-0.25, -0.2) is 0 Å². The third kappa shape index (κ3) is 2.56. The summed E-state index contributed by atoms with van der Waals surface area (Å²) in [6.07, 6.45) is 1.80. The standard InChI is InChI=1S/C7H13N/c1-6(2)7(3)5-8-4/h5-6H,4H2,1-3H3/b7-5-. The zero-order chi connectivity index (χ0) is 6.57. The largest absolute Gasteiger partial charge is 0.273 e. The Hall–Kier alpha value is -0.590. The molecule has 0 rings (SSSR count). The molecule has 0 spiro atoms. The number of aliphatic imine (C=N–C) groups is 1. The molecule has 0 saturated heterocycles. The predicted molar refractivity (Wildman–Crippen MR) is 38.1 cm³/mol. The van der Waals surface area contributed by atoms with Crippen molar-refractivity contribution in [3.05, 3.63) is 11.8 Å². The van der Waals surface area contributed by atoms with Crippen LogP contribution in [0.2, 0.25) is 0 Å². The van der Waals surface area contributed by atoms with Crippen LogP contribution in [0.4, 0.5) is 0 Å². The van der Waals surface area contributed by atoms with Crippen molar-refractivity contribution >= 4 is 6.72 Å². The van der Waals surface area contributed by atoms with Crippen LogP contribution in [0.5, 0.6) is 0 Å². The molecule has 0 unspecified atom stereocenters. The fourth-order valence-corrected chi connectivity index (χ4v) is 0.293. The predicted octanol–water partition coefficient (Wildman–Crippen LogP) is 2.25. The van der Waals surface area contributed by atoms with Crippen LogP contribution in [0, 0.1) is 5.92 Å². The van der Waals surface area contributed by atoms with Crippen molar-refractivity contribution in [1.82, 2.24) is 0 Å². The van der Waals surface area contributed by atoms with E-state index >= 15 is 0 Å². The molecule has 8 heavy (non-hydrogen) atoms. The quantitative estimate of drug-likeness (QED) is 0.484. The van der Waals surface area contributed by atoms with E-state index in [1.807, 2.05) is 0 Å². The van der Waals surface area contributed by atoms with E-state index in [0.717, 1.165) is 0 Å². The summed E-state index contributed by atoms with van der Waals surface area (Å²) < 4.78 is 0.